The van der Waals surface area contributed by atoms with Crippen LogP contribution in [-0.4, -0.2) is 58.1 Å². The van der Waals surface area contributed by atoms with Crippen LogP contribution in [0.3, 0.4) is 0 Å². The number of carbonyl (C=O) groups is 1. The molecule has 9 nitrogen and oxygen atoms in total. The molecule has 0 aliphatic carbocycles. The molecule has 2 aliphatic rings. The van der Waals surface area contributed by atoms with Gasteiger partial charge in [-0.15, -0.1) is 0 Å². The second kappa shape index (κ2) is 9.19. The Morgan fingerprint density at radius 2 is 1.80 bits per heavy atom. The molecule has 186 valence electrons. The van der Waals surface area contributed by atoms with Crippen LogP contribution in [0.1, 0.15) is 36.4 Å². The predicted octanol–water partition coefficient (Wildman–Crippen LogP) is 3.13. The van der Waals surface area contributed by atoms with E-state index >= 15 is 0 Å². The molecule has 2 aliphatic heterocycles. The molecule has 0 radical (unpaired) electrons. The van der Waals surface area contributed by atoms with Crippen LogP contribution in [0, 0.1) is 25.6 Å². The van der Waals surface area contributed by atoms with Crippen LogP contribution >= 0.6 is 0 Å². The van der Waals surface area contributed by atoms with Crippen molar-refractivity contribution in [3.63, 3.8) is 0 Å². The van der Waals surface area contributed by atoms with Crippen molar-refractivity contribution in [3.8, 4) is 11.3 Å². The molecule has 4 heterocycles. The first-order valence-corrected chi connectivity index (χ1v) is 13.2. The summed E-state index contributed by atoms with van der Waals surface area (Å²) < 4.78 is 47.9. The van der Waals surface area contributed by atoms with Crippen LogP contribution in [0.5, 0.6) is 0 Å². The van der Waals surface area contributed by atoms with E-state index < -0.39 is 10.0 Å². The normalized spacial score (nSPS) is 17.9. The maximum atomic E-state index is 13.4. The highest BCUT2D eigenvalue weighted by Crippen LogP contribution is 2.29. The van der Waals surface area contributed by atoms with Gasteiger partial charge in [-0.2, -0.15) is 9.40 Å². The number of hydrogen-bond acceptors (Lipinski definition) is 6. The minimum absolute atomic E-state index is 0.0531. The molecule has 2 aromatic heterocycles. The topological polar surface area (TPSA) is 102 Å². The van der Waals surface area contributed by atoms with Gasteiger partial charge >= 0.3 is 0 Å². The fourth-order valence-corrected chi connectivity index (χ4v) is 6.75. The SMILES string of the molecule is Cc1noc(C)c1S(=O)(=O)N1CCC(C(=O)N2CCCn3nc(-c4ccc(F)cc4)cc3C2)CC1. The third-order valence-corrected chi connectivity index (χ3v) is 8.98. The zero-order valence-electron chi connectivity index (χ0n) is 19.8. The van der Waals surface area contributed by atoms with Crippen molar-refractivity contribution < 1.29 is 22.1 Å². The minimum Gasteiger partial charge on any atom is -0.360 e. The molecule has 1 amide bonds. The van der Waals surface area contributed by atoms with E-state index in [1.165, 1.54) is 16.4 Å². The van der Waals surface area contributed by atoms with E-state index in [2.05, 4.69) is 10.3 Å². The van der Waals surface area contributed by atoms with Gasteiger partial charge in [0.05, 0.1) is 17.9 Å². The highest BCUT2D eigenvalue weighted by molar-refractivity contribution is 7.89. The Kier molecular flexibility index (Phi) is 6.22. The first kappa shape index (κ1) is 23.7. The van der Waals surface area contributed by atoms with Gasteiger partial charge in [0.1, 0.15) is 16.4 Å². The molecule has 0 spiro atoms. The summed E-state index contributed by atoms with van der Waals surface area (Å²) in [6.07, 6.45) is 1.72. The van der Waals surface area contributed by atoms with Crippen molar-refractivity contribution in [2.45, 2.75) is 51.1 Å². The Hall–Kier alpha value is -3.05. The van der Waals surface area contributed by atoms with Crippen molar-refractivity contribution in [2.24, 2.45) is 5.92 Å². The number of amides is 1. The van der Waals surface area contributed by atoms with Crippen molar-refractivity contribution in [1.82, 2.24) is 24.1 Å². The molecule has 1 saturated heterocycles. The summed E-state index contributed by atoms with van der Waals surface area (Å²) >= 11 is 0. The highest BCUT2D eigenvalue weighted by Gasteiger charge is 2.37. The maximum absolute atomic E-state index is 13.4. The molecule has 11 heteroatoms. The fraction of sp³-hybridized carbons (Fsp3) is 0.458. The largest absolute Gasteiger partial charge is 0.360 e. The van der Waals surface area contributed by atoms with Gasteiger partial charge in [-0.3, -0.25) is 9.48 Å². The van der Waals surface area contributed by atoms with Crippen LogP contribution in [0.15, 0.2) is 39.8 Å². The van der Waals surface area contributed by atoms with Gasteiger partial charge in [-0.25, -0.2) is 12.8 Å². The number of sulfonamides is 1. The lowest BCUT2D eigenvalue weighted by atomic mass is 9.96. The Balaban J connectivity index is 1.26. The van der Waals surface area contributed by atoms with E-state index in [0.29, 0.717) is 38.2 Å². The van der Waals surface area contributed by atoms with Gasteiger partial charge in [-0.05, 0) is 63.4 Å². The summed E-state index contributed by atoms with van der Waals surface area (Å²) in [5.41, 5.74) is 2.87. The van der Waals surface area contributed by atoms with Gasteiger partial charge < -0.3 is 9.42 Å². The van der Waals surface area contributed by atoms with Crippen LogP contribution in [0.4, 0.5) is 4.39 Å². The van der Waals surface area contributed by atoms with E-state index in [4.69, 9.17) is 4.52 Å². The zero-order valence-corrected chi connectivity index (χ0v) is 20.6. The number of carbonyl (C=O) groups excluding carboxylic acids is 1. The summed E-state index contributed by atoms with van der Waals surface area (Å²) in [4.78, 5) is 15.4. The van der Waals surface area contributed by atoms with Gasteiger partial charge in [0.15, 0.2) is 5.76 Å². The zero-order chi connectivity index (χ0) is 24.7. The molecule has 0 bridgehead atoms. The Bertz CT molecular complexity index is 1320. The number of nitrogens with zero attached hydrogens (tertiary/aromatic N) is 5. The second-order valence-corrected chi connectivity index (χ2v) is 11.1. The molecule has 3 aromatic rings. The van der Waals surface area contributed by atoms with E-state index in [0.717, 1.165) is 23.4 Å². The molecule has 0 N–H and O–H groups in total. The summed E-state index contributed by atoms with van der Waals surface area (Å²) in [5.74, 6) is -0.187. The third-order valence-electron chi connectivity index (χ3n) is 6.83. The summed E-state index contributed by atoms with van der Waals surface area (Å²) in [5, 5.41) is 8.43. The third kappa shape index (κ3) is 4.50. The van der Waals surface area contributed by atoms with Crippen LogP contribution < -0.4 is 0 Å². The van der Waals surface area contributed by atoms with Gasteiger partial charge in [0.25, 0.3) is 0 Å². The molecular weight excluding hydrogens is 473 g/mol. The highest BCUT2D eigenvalue weighted by atomic mass is 32.2. The van der Waals surface area contributed by atoms with Crippen molar-refractivity contribution >= 4 is 15.9 Å². The predicted molar refractivity (Wildman–Crippen MR) is 125 cm³/mol. The number of benzene rings is 1. The molecule has 1 fully saturated rings. The first-order chi connectivity index (χ1) is 16.7. The molecule has 0 saturated carbocycles. The average Bonchev–Trinajstić information content (AvgIpc) is 3.34. The van der Waals surface area contributed by atoms with Crippen molar-refractivity contribution in [3.05, 3.63) is 53.3 Å². The molecular formula is C24H28FN5O4S. The maximum Gasteiger partial charge on any atom is 0.248 e. The lowest BCUT2D eigenvalue weighted by Gasteiger charge is -2.33. The summed E-state index contributed by atoms with van der Waals surface area (Å²) in [7, 11) is -3.71. The lowest BCUT2D eigenvalue weighted by molar-refractivity contribution is -0.137. The van der Waals surface area contributed by atoms with Gasteiger partial charge in [-0.1, -0.05) is 5.16 Å². The van der Waals surface area contributed by atoms with Gasteiger partial charge in [0, 0.05) is 37.7 Å². The monoisotopic (exact) mass is 501 g/mol. The number of piperidine rings is 1. The van der Waals surface area contributed by atoms with Crippen LogP contribution in [0.2, 0.25) is 0 Å². The first-order valence-electron chi connectivity index (χ1n) is 11.8. The number of hydrogen-bond donors (Lipinski definition) is 0. The summed E-state index contributed by atoms with van der Waals surface area (Å²) in [6, 6.07) is 8.18. The van der Waals surface area contributed by atoms with Gasteiger partial charge in [0.2, 0.25) is 15.9 Å². The van der Waals surface area contributed by atoms with Crippen LogP contribution in [0.25, 0.3) is 11.3 Å². The second-order valence-electron chi connectivity index (χ2n) is 9.20. The lowest BCUT2D eigenvalue weighted by Crippen LogP contribution is -2.44. The summed E-state index contributed by atoms with van der Waals surface area (Å²) in [6.45, 7) is 5.55. The molecule has 0 unspecified atom stereocenters. The number of fused-ring (bicyclic) bond motifs is 1. The number of halogens is 1. The number of aryl methyl sites for hydroxylation is 3. The molecule has 5 rings (SSSR count). The molecule has 35 heavy (non-hydrogen) atoms. The Morgan fingerprint density at radius 3 is 2.46 bits per heavy atom. The number of rotatable bonds is 4. The average molecular weight is 502 g/mol. The van der Waals surface area contributed by atoms with E-state index in [1.807, 2.05) is 15.6 Å². The quantitative estimate of drug-likeness (QED) is 0.544. The minimum atomic E-state index is -3.71. The molecule has 1 aromatic carbocycles. The van der Waals surface area contributed by atoms with Crippen LogP contribution in [-0.2, 0) is 27.9 Å². The Morgan fingerprint density at radius 1 is 1.09 bits per heavy atom. The van der Waals surface area contributed by atoms with E-state index in [9.17, 15) is 17.6 Å². The van der Waals surface area contributed by atoms with Crippen molar-refractivity contribution in [2.75, 3.05) is 19.6 Å². The van der Waals surface area contributed by atoms with E-state index in [-0.39, 0.29) is 41.4 Å². The van der Waals surface area contributed by atoms with E-state index in [1.54, 1.807) is 26.0 Å². The molecule has 0 atom stereocenters. The fourth-order valence-electron chi connectivity index (χ4n) is 4.99. The Labute approximate surface area is 203 Å². The smallest absolute Gasteiger partial charge is 0.248 e. The number of aromatic nitrogens is 3. The standard InChI is InChI=1S/C24H28FN5O4S/c1-16-23(17(2)34-27-16)35(32,33)29-12-8-19(9-13-29)24(31)28-10-3-11-30-21(15-28)14-22(26-30)18-4-6-20(25)7-5-18/h4-7,14,19H,3,8-13,15H2,1-2H3. The van der Waals surface area contributed by atoms with Crippen molar-refractivity contribution in [1.29, 1.82) is 0 Å².